The van der Waals surface area contributed by atoms with Crippen molar-refractivity contribution in [1.29, 1.82) is 0 Å². The first-order chi connectivity index (χ1) is 10.1. The van der Waals surface area contributed by atoms with Gasteiger partial charge in [0.15, 0.2) is 5.13 Å². The highest BCUT2D eigenvalue weighted by molar-refractivity contribution is 9.10. The van der Waals surface area contributed by atoms with Crippen LogP contribution >= 0.6 is 27.3 Å². The van der Waals surface area contributed by atoms with E-state index in [-0.39, 0.29) is 0 Å². The van der Waals surface area contributed by atoms with E-state index < -0.39 is 0 Å². The van der Waals surface area contributed by atoms with E-state index in [1.165, 1.54) is 0 Å². The van der Waals surface area contributed by atoms with E-state index in [0.29, 0.717) is 5.92 Å². The van der Waals surface area contributed by atoms with Crippen molar-refractivity contribution in [3.05, 3.63) is 28.1 Å². The molecule has 2 aromatic rings. The number of piperazine rings is 1. The Kier molecular flexibility index (Phi) is 4.40. The molecule has 112 valence electrons. The first kappa shape index (κ1) is 14.7. The second-order valence-corrected chi connectivity index (χ2v) is 7.04. The lowest BCUT2D eigenvalue weighted by atomic mass is 10.2. The summed E-state index contributed by atoms with van der Waals surface area (Å²) in [6.07, 6.45) is 1.86. The van der Waals surface area contributed by atoms with Gasteiger partial charge in [0, 0.05) is 49.7 Å². The third kappa shape index (κ3) is 3.35. The van der Waals surface area contributed by atoms with Gasteiger partial charge in [-0.2, -0.15) is 0 Å². The average Bonchev–Trinajstić information content (AvgIpc) is 3.01. The van der Waals surface area contributed by atoms with Crippen LogP contribution in [-0.2, 0) is 0 Å². The molecule has 0 bridgehead atoms. The molecule has 0 N–H and O–H groups in total. The standard InChI is InChI=1S/C14H18BrN5S/c1-10(2)13-17-11(15)9-12(18-13)19-4-6-20(7-5-19)14-16-3-8-21-14/h3,8-10H,4-7H2,1-2H3. The molecule has 1 saturated heterocycles. The van der Waals surface area contributed by atoms with Crippen molar-refractivity contribution in [2.75, 3.05) is 36.0 Å². The molecule has 0 aromatic carbocycles. The van der Waals surface area contributed by atoms with E-state index in [0.717, 1.165) is 47.6 Å². The molecule has 1 aliphatic heterocycles. The Morgan fingerprint density at radius 2 is 1.86 bits per heavy atom. The van der Waals surface area contributed by atoms with Crippen LogP contribution in [0.15, 0.2) is 22.2 Å². The molecule has 0 spiro atoms. The molecular weight excluding hydrogens is 350 g/mol. The Balaban J connectivity index is 1.72. The summed E-state index contributed by atoms with van der Waals surface area (Å²) < 4.78 is 0.860. The van der Waals surface area contributed by atoms with E-state index in [9.17, 15) is 0 Å². The highest BCUT2D eigenvalue weighted by Gasteiger charge is 2.20. The topological polar surface area (TPSA) is 45.2 Å². The van der Waals surface area contributed by atoms with E-state index in [1.54, 1.807) is 11.3 Å². The van der Waals surface area contributed by atoms with Crippen LogP contribution in [0, 0.1) is 0 Å². The van der Waals surface area contributed by atoms with Gasteiger partial charge < -0.3 is 9.80 Å². The van der Waals surface area contributed by atoms with Crippen molar-refractivity contribution < 1.29 is 0 Å². The number of hydrogen-bond donors (Lipinski definition) is 0. The van der Waals surface area contributed by atoms with Crippen LogP contribution in [0.4, 0.5) is 10.9 Å². The van der Waals surface area contributed by atoms with Crippen molar-refractivity contribution in [3.8, 4) is 0 Å². The van der Waals surface area contributed by atoms with Gasteiger partial charge in [-0.15, -0.1) is 11.3 Å². The van der Waals surface area contributed by atoms with Crippen LogP contribution in [0.25, 0.3) is 0 Å². The van der Waals surface area contributed by atoms with Crippen LogP contribution in [0.5, 0.6) is 0 Å². The van der Waals surface area contributed by atoms with Gasteiger partial charge in [-0.05, 0) is 15.9 Å². The molecule has 3 heterocycles. The smallest absolute Gasteiger partial charge is 0.185 e. The first-order valence-electron chi connectivity index (χ1n) is 7.07. The van der Waals surface area contributed by atoms with Crippen molar-refractivity contribution in [1.82, 2.24) is 15.0 Å². The van der Waals surface area contributed by atoms with Gasteiger partial charge in [-0.25, -0.2) is 15.0 Å². The van der Waals surface area contributed by atoms with Crippen molar-refractivity contribution in [3.63, 3.8) is 0 Å². The van der Waals surface area contributed by atoms with Gasteiger partial charge in [0.2, 0.25) is 0 Å². The fourth-order valence-corrected chi connectivity index (χ4v) is 3.43. The lowest BCUT2D eigenvalue weighted by Gasteiger charge is -2.35. The molecule has 3 rings (SSSR count). The largest absolute Gasteiger partial charge is 0.353 e. The number of aromatic nitrogens is 3. The van der Waals surface area contributed by atoms with Gasteiger partial charge in [-0.3, -0.25) is 0 Å². The molecule has 0 unspecified atom stereocenters. The maximum Gasteiger partial charge on any atom is 0.185 e. The maximum absolute atomic E-state index is 4.70. The van der Waals surface area contributed by atoms with E-state index >= 15 is 0 Å². The molecule has 7 heteroatoms. The van der Waals surface area contributed by atoms with Crippen LogP contribution < -0.4 is 9.80 Å². The molecule has 0 amide bonds. The second-order valence-electron chi connectivity index (χ2n) is 5.35. The molecule has 2 aromatic heterocycles. The van der Waals surface area contributed by atoms with Gasteiger partial charge in [-0.1, -0.05) is 13.8 Å². The minimum atomic E-state index is 0.331. The monoisotopic (exact) mass is 367 g/mol. The number of thiazole rings is 1. The molecule has 0 atom stereocenters. The van der Waals surface area contributed by atoms with Crippen molar-refractivity contribution in [2.45, 2.75) is 19.8 Å². The Bertz CT molecular complexity index is 593. The minimum absolute atomic E-state index is 0.331. The third-order valence-electron chi connectivity index (χ3n) is 3.51. The number of anilines is 2. The quantitative estimate of drug-likeness (QED) is 0.779. The predicted octanol–water partition coefficient (Wildman–Crippen LogP) is 3.15. The summed E-state index contributed by atoms with van der Waals surface area (Å²) in [4.78, 5) is 18.2. The van der Waals surface area contributed by atoms with Gasteiger partial charge in [0.05, 0.1) is 0 Å². The van der Waals surface area contributed by atoms with Gasteiger partial charge >= 0.3 is 0 Å². The van der Waals surface area contributed by atoms with Crippen LogP contribution in [0.2, 0.25) is 0 Å². The summed E-state index contributed by atoms with van der Waals surface area (Å²) in [6, 6.07) is 2.00. The summed E-state index contributed by atoms with van der Waals surface area (Å²) in [7, 11) is 0. The normalized spacial score (nSPS) is 15.8. The van der Waals surface area contributed by atoms with Gasteiger partial charge in [0.1, 0.15) is 16.2 Å². The molecule has 0 aliphatic carbocycles. The molecule has 1 fully saturated rings. The lowest BCUT2D eigenvalue weighted by Crippen LogP contribution is -2.46. The molecule has 0 saturated carbocycles. The Morgan fingerprint density at radius 1 is 1.14 bits per heavy atom. The maximum atomic E-state index is 4.70. The third-order valence-corrected chi connectivity index (χ3v) is 4.75. The predicted molar refractivity (Wildman–Crippen MR) is 90.4 cm³/mol. The highest BCUT2D eigenvalue weighted by Crippen LogP contribution is 2.24. The zero-order chi connectivity index (χ0) is 14.8. The van der Waals surface area contributed by atoms with Crippen molar-refractivity contribution in [2.24, 2.45) is 0 Å². The number of rotatable bonds is 3. The summed E-state index contributed by atoms with van der Waals surface area (Å²) in [5.74, 6) is 2.24. The molecule has 21 heavy (non-hydrogen) atoms. The zero-order valence-corrected chi connectivity index (χ0v) is 14.6. The van der Waals surface area contributed by atoms with E-state index in [1.807, 2.05) is 17.6 Å². The molecule has 1 aliphatic rings. The Morgan fingerprint density at radius 3 is 2.48 bits per heavy atom. The van der Waals surface area contributed by atoms with E-state index in [4.69, 9.17) is 4.98 Å². The summed E-state index contributed by atoms with van der Waals surface area (Å²) >= 11 is 5.19. The number of halogens is 1. The van der Waals surface area contributed by atoms with Crippen LogP contribution in [-0.4, -0.2) is 41.1 Å². The zero-order valence-electron chi connectivity index (χ0n) is 12.2. The number of hydrogen-bond acceptors (Lipinski definition) is 6. The van der Waals surface area contributed by atoms with Gasteiger partial charge in [0.25, 0.3) is 0 Å². The first-order valence-corrected chi connectivity index (χ1v) is 8.74. The Labute approximate surface area is 137 Å². The number of nitrogens with zero attached hydrogens (tertiary/aromatic N) is 5. The summed E-state index contributed by atoms with van der Waals surface area (Å²) in [5, 5.41) is 3.14. The Hall–Kier alpha value is -1.21. The van der Waals surface area contributed by atoms with Crippen LogP contribution in [0.3, 0.4) is 0 Å². The lowest BCUT2D eigenvalue weighted by molar-refractivity contribution is 0.640. The second kappa shape index (κ2) is 6.27. The molecular formula is C14H18BrN5S. The molecule has 5 nitrogen and oxygen atoms in total. The fraction of sp³-hybridized carbons (Fsp3) is 0.500. The fourth-order valence-electron chi connectivity index (χ4n) is 2.34. The van der Waals surface area contributed by atoms with Crippen molar-refractivity contribution >= 4 is 38.2 Å². The molecule has 0 radical (unpaired) electrons. The van der Waals surface area contributed by atoms with E-state index in [2.05, 4.69) is 49.5 Å². The average molecular weight is 368 g/mol. The summed E-state index contributed by atoms with van der Waals surface area (Å²) in [5.41, 5.74) is 0. The highest BCUT2D eigenvalue weighted by atomic mass is 79.9. The van der Waals surface area contributed by atoms with Crippen LogP contribution in [0.1, 0.15) is 25.6 Å². The SMILES string of the molecule is CC(C)c1nc(Br)cc(N2CCN(c3nccs3)CC2)n1. The minimum Gasteiger partial charge on any atom is -0.353 e. The summed E-state index contributed by atoms with van der Waals surface area (Å²) in [6.45, 7) is 8.11.